The van der Waals surface area contributed by atoms with E-state index in [2.05, 4.69) is 0 Å². The van der Waals surface area contributed by atoms with Crippen molar-refractivity contribution in [3.8, 4) is 0 Å². The Hall–Kier alpha value is -0.0600. The minimum absolute atomic E-state index is 0.198. The third-order valence-corrected chi connectivity index (χ3v) is 2.83. The lowest BCUT2D eigenvalue weighted by Gasteiger charge is -2.29. The second kappa shape index (κ2) is 4.25. The van der Waals surface area contributed by atoms with Gasteiger partial charge in [0.25, 0.3) is 0 Å². The van der Waals surface area contributed by atoms with Crippen LogP contribution in [0.15, 0.2) is 0 Å². The Morgan fingerprint density at radius 1 is 1.67 bits per heavy atom. The van der Waals surface area contributed by atoms with E-state index in [1.165, 1.54) is 0 Å². The first kappa shape index (κ1) is 10.0. The third kappa shape index (κ3) is 2.77. The molecular formula is C8H14O3S. The van der Waals surface area contributed by atoms with Gasteiger partial charge < -0.3 is 9.47 Å². The Kier molecular flexibility index (Phi) is 3.55. The molecule has 0 radical (unpaired) electrons. The van der Waals surface area contributed by atoms with Crippen molar-refractivity contribution in [1.82, 2.24) is 0 Å². The Morgan fingerprint density at radius 2 is 2.42 bits per heavy atom. The quantitative estimate of drug-likeness (QED) is 0.619. The molecule has 0 aromatic rings. The Labute approximate surface area is 76.8 Å². The molecule has 3 nitrogen and oxygen atoms in total. The minimum atomic E-state index is -0.696. The molecule has 0 aliphatic carbocycles. The van der Waals surface area contributed by atoms with Crippen molar-refractivity contribution in [2.75, 3.05) is 25.2 Å². The van der Waals surface area contributed by atoms with Crippen LogP contribution in [0.1, 0.15) is 13.3 Å². The molecule has 1 rings (SSSR count). The molecule has 0 aromatic heterocycles. The van der Waals surface area contributed by atoms with Crippen molar-refractivity contribution >= 4 is 17.5 Å². The number of Topliss-reactive ketones (excluding diaryl/α,β-unsaturated/α-hetero) is 1. The van der Waals surface area contributed by atoms with Crippen molar-refractivity contribution in [2.24, 2.45) is 0 Å². The summed E-state index contributed by atoms with van der Waals surface area (Å²) < 4.78 is 10.6. The van der Waals surface area contributed by atoms with Crippen molar-refractivity contribution in [3.63, 3.8) is 0 Å². The highest BCUT2D eigenvalue weighted by Gasteiger charge is 2.29. The highest BCUT2D eigenvalue weighted by Crippen LogP contribution is 2.21. The average molecular weight is 190 g/mol. The molecule has 0 spiro atoms. The molecule has 1 aliphatic heterocycles. The number of hydrogen-bond donors (Lipinski definition) is 0. The molecule has 1 aliphatic rings. The molecule has 0 amide bonds. The van der Waals surface area contributed by atoms with Crippen LogP contribution >= 0.6 is 11.8 Å². The van der Waals surface area contributed by atoms with Gasteiger partial charge in [0.2, 0.25) is 0 Å². The lowest BCUT2D eigenvalue weighted by molar-refractivity contribution is -0.209. The van der Waals surface area contributed by atoms with Gasteiger partial charge in [0.1, 0.15) is 5.78 Å². The molecule has 12 heavy (non-hydrogen) atoms. The maximum absolute atomic E-state index is 11.2. The predicted octanol–water partition coefficient (Wildman–Crippen LogP) is 1.07. The predicted molar refractivity (Wildman–Crippen MR) is 48.3 cm³/mol. The summed E-state index contributed by atoms with van der Waals surface area (Å²) in [5.74, 6) is 0.953. The van der Waals surface area contributed by atoms with Crippen molar-refractivity contribution in [2.45, 2.75) is 19.1 Å². The second-order valence-corrected chi connectivity index (χ2v) is 4.06. The second-order valence-electron chi connectivity index (χ2n) is 2.95. The van der Waals surface area contributed by atoms with E-state index in [4.69, 9.17) is 9.47 Å². The third-order valence-electron chi connectivity index (χ3n) is 1.85. The standard InChI is InChI=1S/C8H14O3S/c1-8(10-2)5-7(9)6-12-4-3-11-8/h3-6H2,1-2H3. The van der Waals surface area contributed by atoms with Crippen LogP contribution < -0.4 is 0 Å². The van der Waals surface area contributed by atoms with Crippen LogP contribution in [0.2, 0.25) is 0 Å². The highest BCUT2D eigenvalue weighted by molar-refractivity contribution is 7.99. The molecule has 4 heteroatoms. The summed E-state index contributed by atoms with van der Waals surface area (Å²) >= 11 is 1.62. The molecular weight excluding hydrogens is 176 g/mol. The molecule has 0 bridgehead atoms. The van der Waals surface area contributed by atoms with Crippen LogP contribution in [0.5, 0.6) is 0 Å². The largest absolute Gasteiger partial charge is 0.353 e. The number of ether oxygens (including phenoxy) is 2. The number of hydrogen-bond acceptors (Lipinski definition) is 4. The summed E-state index contributed by atoms with van der Waals surface area (Å²) in [7, 11) is 1.57. The monoisotopic (exact) mass is 190 g/mol. The van der Waals surface area contributed by atoms with Crippen LogP contribution in [0, 0.1) is 0 Å². The Morgan fingerprint density at radius 3 is 3.08 bits per heavy atom. The summed E-state index contributed by atoms with van der Waals surface area (Å²) in [6, 6.07) is 0. The van der Waals surface area contributed by atoms with E-state index in [9.17, 15) is 4.79 Å². The summed E-state index contributed by atoms with van der Waals surface area (Å²) in [6.07, 6.45) is 0.358. The van der Waals surface area contributed by atoms with E-state index in [0.29, 0.717) is 18.8 Å². The van der Waals surface area contributed by atoms with Crippen LogP contribution in [0.4, 0.5) is 0 Å². The van der Waals surface area contributed by atoms with Crippen LogP contribution in [0.25, 0.3) is 0 Å². The smallest absolute Gasteiger partial charge is 0.172 e. The normalized spacial score (nSPS) is 32.7. The molecule has 1 saturated heterocycles. The van der Waals surface area contributed by atoms with Gasteiger partial charge in [-0.15, -0.1) is 0 Å². The first-order valence-corrected chi connectivity index (χ1v) is 5.10. The van der Waals surface area contributed by atoms with Gasteiger partial charge in [0, 0.05) is 12.9 Å². The van der Waals surface area contributed by atoms with Gasteiger partial charge in [0.15, 0.2) is 5.79 Å². The lowest BCUT2D eigenvalue weighted by Crippen LogP contribution is -2.36. The van der Waals surface area contributed by atoms with Gasteiger partial charge in [-0.1, -0.05) is 0 Å². The van der Waals surface area contributed by atoms with Crippen LogP contribution in [-0.4, -0.2) is 36.8 Å². The fourth-order valence-corrected chi connectivity index (χ4v) is 1.77. The Bertz CT molecular complexity index is 172. The first-order valence-electron chi connectivity index (χ1n) is 3.95. The van der Waals surface area contributed by atoms with Crippen molar-refractivity contribution < 1.29 is 14.3 Å². The number of ketones is 1. The fourth-order valence-electron chi connectivity index (χ4n) is 1.09. The zero-order valence-corrected chi connectivity index (χ0v) is 8.28. The fraction of sp³-hybridized carbons (Fsp3) is 0.875. The Balaban J connectivity index is 2.54. The molecule has 1 fully saturated rings. The van der Waals surface area contributed by atoms with E-state index in [1.54, 1.807) is 25.8 Å². The van der Waals surface area contributed by atoms with E-state index < -0.39 is 5.79 Å². The summed E-state index contributed by atoms with van der Waals surface area (Å²) in [5.41, 5.74) is 0. The summed E-state index contributed by atoms with van der Waals surface area (Å²) in [5, 5.41) is 0. The molecule has 70 valence electrons. The van der Waals surface area contributed by atoms with Gasteiger partial charge in [-0.05, 0) is 6.92 Å². The number of thioether (sulfide) groups is 1. The molecule has 1 atom stereocenters. The average Bonchev–Trinajstić information content (AvgIpc) is 2.01. The SMILES string of the molecule is COC1(C)CC(=O)CSCCO1. The number of carbonyl (C=O) groups is 1. The number of rotatable bonds is 1. The molecule has 1 heterocycles. The first-order chi connectivity index (χ1) is 5.66. The van der Waals surface area contributed by atoms with E-state index in [1.807, 2.05) is 0 Å². The summed E-state index contributed by atoms with van der Waals surface area (Å²) in [6.45, 7) is 2.46. The van der Waals surface area contributed by atoms with E-state index in [0.717, 1.165) is 5.75 Å². The maximum atomic E-state index is 11.2. The number of carbonyl (C=O) groups excluding carboxylic acids is 1. The van der Waals surface area contributed by atoms with E-state index >= 15 is 0 Å². The summed E-state index contributed by atoms with van der Waals surface area (Å²) in [4.78, 5) is 11.2. The maximum Gasteiger partial charge on any atom is 0.172 e. The van der Waals surface area contributed by atoms with Gasteiger partial charge >= 0.3 is 0 Å². The minimum Gasteiger partial charge on any atom is -0.353 e. The highest BCUT2D eigenvalue weighted by atomic mass is 32.2. The van der Waals surface area contributed by atoms with Crippen LogP contribution in [0.3, 0.4) is 0 Å². The van der Waals surface area contributed by atoms with E-state index in [-0.39, 0.29) is 5.78 Å². The van der Waals surface area contributed by atoms with Gasteiger partial charge in [0.05, 0.1) is 18.8 Å². The molecule has 0 aromatic carbocycles. The van der Waals surface area contributed by atoms with Crippen molar-refractivity contribution in [3.05, 3.63) is 0 Å². The molecule has 0 saturated carbocycles. The molecule has 1 unspecified atom stereocenters. The van der Waals surface area contributed by atoms with Gasteiger partial charge in [-0.3, -0.25) is 4.79 Å². The lowest BCUT2D eigenvalue weighted by atomic mass is 10.1. The zero-order valence-electron chi connectivity index (χ0n) is 7.46. The zero-order chi connectivity index (χ0) is 9.03. The topological polar surface area (TPSA) is 35.5 Å². The molecule has 0 N–H and O–H groups in total. The van der Waals surface area contributed by atoms with Crippen LogP contribution in [-0.2, 0) is 14.3 Å². The van der Waals surface area contributed by atoms with Gasteiger partial charge in [-0.2, -0.15) is 11.8 Å². The number of methoxy groups -OCH3 is 1. The van der Waals surface area contributed by atoms with Gasteiger partial charge in [-0.25, -0.2) is 0 Å². The van der Waals surface area contributed by atoms with Crippen molar-refractivity contribution in [1.29, 1.82) is 0 Å².